The summed E-state index contributed by atoms with van der Waals surface area (Å²) in [4.78, 5) is 27.5. The Bertz CT molecular complexity index is 736. The Kier molecular flexibility index (Phi) is 4.06. The van der Waals surface area contributed by atoms with Gasteiger partial charge in [0.2, 0.25) is 0 Å². The number of hydrogen-bond donors (Lipinski definition) is 1. The number of anilines is 1. The molecule has 0 aromatic heterocycles. The molecule has 1 aromatic rings. The van der Waals surface area contributed by atoms with Crippen LogP contribution in [0.15, 0.2) is 24.3 Å². The lowest BCUT2D eigenvalue weighted by atomic mass is 9.48. The summed E-state index contributed by atoms with van der Waals surface area (Å²) in [6, 6.07) is 8.05. The Morgan fingerprint density at radius 1 is 1.07 bits per heavy atom. The number of carbonyl (C=O) groups is 2. The molecular weight excluding hydrogens is 336 g/mol. The van der Waals surface area contributed by atoms with Crippen LogP contribution in [0.2, 0.25) is 0 Å². The molecule has 1 atom stereocenters. The van der Waals surface area contributed by atoms with E-state index < -0.39 is 11.8 Å². The Labute approximate surface area is 161 Å². The summed E-state index contributed by atoms with van der Waals surface area (Å²) in [7, 11) is 0. The van der Waals surface area contributed by atoms with E-state index in [0.717, 1.165) is 36.3 Å². The third-order valence-electron chi connectivity index (χ3n) is 7.90. The van der Waals surface area contributed by atoms with Crippen molar-refractivity contribution in [3.05, 3.63) is 29.8 Å². The van der Waals surface area contributed by atoms with E-state index in [-0.39, 0.29) is 11.5 Å². The van der Waals surface area contributed by atoms with E-state index >= 15 is 0 Å². The number of amides is 2. The van der Waals surface area contributed by atoms with Gasteiger partial charge in [-0.3, -0.25) is 9.59 Å². The van der Waals surface area contributed by atoms with Crippen LogP contribution in [0.3, 0.4) is 0 Å². The Hall–Kier alpha value is -1.84. The van der Waals surface area contributed by atoms with Gasteiger partial charge in [-0.1, -0.05) is 18.2 Å². The van der Waals surface area contributed by atoms with Gasteiger partial charge in [-0.25, -0.2) is 0 Å². The number of para-hydroxylation sites is 1. The normalized spacial score (nSPS) is 34.9. The van der Waals surface area contributed by atoms with Crippen molar-refractivity contribution in [2.24, 2.45) is 23.2 Å². The average Bonchev–Trinajstić information content (AvgIpc) is 2.66. The van der Waals surface area contributed by atoms with Crippen LogP contribution in [-0.4, -0.2) is 24.4 Å². The Morgan fingerprint density at radius 3 is 2.37 bits per heavy atom. The lowest BCUT2D eigenvalue weighted by Crippen LogP contribution is -2.57. The molecule has 2 amide bonds. The minimum atomic E-state index is -0.421. The number of carbonyl (C=O) groups excluding carboxylic acids is 2. The Balaban J connectivity index is 1.30. The molecule has 0 spiro atoms. The second-order valence-electron chi connectivity index (χ2n) is 9.66. The maximum absolute atomic E-state index is 12.9. The third kappa shape index (κ3) is 2.88. The van der Waals surface area contributed by atoms with Crippen LogP contribution in [0.5, 0.6) is 0 Å². The molecule has 1 aliphatic heterocycles. The molecule has 4 nitrogen and oxygen atoms in total. The summed E-state index contributed by atoms with van der Waals surface area (Å²) >= 11 is 0. The first-order chi connectivity index (χ1) is 13.0. The van der Waals surface area contributed by atoms with Crippen LogP contribution in [0.4, 0.5) is 5.69 Å². The van der Waals surface area contributed by atoms with Crippen molar-refractivity contribution >= 4 is 17.5 Å². The molecule has 144 valence electrons. The van der Waals surface area contributed by atoms with Crippen LogP contribution in [-0.2, 0) is 16.0 Å². The van der Waals surface area contributed by atoms with Gasteiger partial charge in [-0.05, 0) is 93.1 Å². The van der Waals surface area contributed by atoms with Gasteiger partial charge in [-0.15, -0.1) is 0 Å². The van der Waals surface area contributed by atoms with Gasteiger partial charge in [0.15, 0.2) is 0 Å². The summed E-state index contributed by atoms with van der Waals surface area (Å²) in [5.41, 5.74) is 2.30. The minimum Gasteiger partial charge on any atom is -0.345 e. The largest absolute Gasteiger partial charge is 0.345 e. The molecule has 27 heavy (non-hydrogen) atoms. The summed E-state index contributed by atoms with van der Waals surface area (Å²) in [6.07, 6.45) is 9.78. The van der Waals surface area contributed by atoms with E-state index in [4.69, 9.17) is 0 Å². The lowest BCUT2D eigenvalue weighted by Gasteiger charge is -2.59. The molecule has 4 fully saturated rings. The standard InChI is InChI=1S/C23H30N2O2/c1-15(23-12-16-9-17(13-23)11-18(10-16)14-23)24-21(26)22(27)25-8-4-6-19-5-2-3-7-20(19)25/h2-3,5,7,15-18H,4,6,8-14H2,1H3,(H,24,26). The maximum Gasteiger partial charge on any atom is 0.316 e. The predicted octanol–water partition coefficient (Wildman–Crippen LogP) is 3.69. The second kappa shape index (κ2) is 6.35. The summed E-state index contributed by atoms with van der Waals surface area (Å²) in [6.45, 7) is 2.78. The van der Waals surface area contributed by atoms with Gasteiger partial charge in [0.1, 0.15) is 0 Å². The minimum absolute atomic E-state index is 0.0855. The number of benzene rings is 1. The highest BCUT2D eigenvalue weighted by molar-refractivity contribution is 6.40. The summed E-state index contributed by atoms with van der Waals surface area (Å²) < 4.78 is 0. The topological polar surface area (TPSA) is 49.4 Å². The average molecular weight is 367 g/mol. The highest BCUT2D eigenvalue weighted by atomic mass is 16.2. The lowest BCUT2D eigenvalue weighted by molar-refractivity contribution is -0.140. The van der Waals surface area contributed by atoms with Crippen molar-refractivity contribution in [3.63, 3.8) is 0 Å². The number of rotatable bonds is 2. The number of fused-ring (bicyclic) bond motifs is 1. The molecule has 1 aromatic carbocycles. The van der Waals surface area contributed by atoms with Crippen molar-refractivity contribution < 1.29 is 9.59 Å². The fourth-order valence-electron chi connectivity index (χ4n) is 6.99. The van der Waals surface area contributed by atoms with Gasteiger partial charge in [0, 0.05) is 18.3 Å². The zero-order valence-electron chi connectivity index (χ0n) is 16.2. The van der Waals surface area contributed by atoms with Crippen molar-refractivity contribution in [3.8, 4) is 0 Å². The molecule has 4 bridgehead atoms. The van der Waals surface area contributed by atoms with Gasteiger partial charge < -0.3 is 10.2 Å². The van der Waals surface area contributed by atoms with Gasteiger partial charge >= 0.3 is 11.8 Å². The molecule has 5 aliphatic rings. The van der Waals surface area contributed by atoms with E-state index in [1.807, 2.05) is 18.2 Å². The molecule has 1 unspecified atom stereocenters. The van der Waals surface area contributed by atoms with E-state index in [2.05, 4.69) is 18.3 Å². The first kappa shape index (κ1) is 17.3. The van der Waals surface area contributed by atoms with Crippen molar-refractivity contribution in [2.45, 2.75) is 64.3 Å². The number of nitrogens with one attached hydrogen (secondary N) is 1. The van der Waals surface area contributed by atoms with Crippen molar-refractivity contribution in [2.75, 3.05) is 11.4 Å². The molecule has 0 saturated heterocycles. The molecule has 4 heteroatoms. The zero-order valence-corrected chi connectivity index (χ0v) is 16.2. The molecule has 4 aliphatic carbocycles. The van der Waals surface area contributed by atoms with Gasteiger partial charge in [0.05, 0.1) is 0 Å². The summed E-state index contributed by atoms with van der Waals surface area (Å²) in [5.74, 6) is 1.73. The first-order valence-electron chi connectivity index (χ1n) is 10.7. The second-order valence-corrected chi connectivity index (χ2v) is 9.66. The van der Waals surface area contributed by atoms with Gasteiger partial charge in [0.25, 0.3) is 0 Å². The highest BCUT2D eigenvalue weighted by Gasteiger charge is 2.53. The van der Waals surface area contributed by atoms with Crippen LogP contribution in [0.1, 0.15) is 57.4 Å². The van der Waals surface area contributed by atoms with Crippen LogP contribution >= 0.6 is 0 Å². The molecule has 0 radical (unpaired) electrons. The smallest absolute Gasteiger partial charge is 0.316 e. The fourth-order valence-corrected chi connectivity index (χ4v) is 6.99. The van der Waals surface area contributed by atoms with Crippen LogP contribution in [0.25, 0.3) is 0 Å². The maximum atomic E-state index is 12.9. The monoisotopic (exact) mass is 366 g/mol. The van der Waals surface area contributed by atoms with E-state index in [1.165, 1.54) is 44.1 Å². The van der Waals surface area contributed by atoms with Crippen LogP contribution in [0, 0.1) is 23.2 Å². The van der Waals surface area contributed by atoms with Crippen LogP contribution < -0.4 is 10.2 Å². The highest BCUT2D eigenvalue weighted by Crippen LogP contribution is 2.61. The zero-order chi connectivity index (χ0) is 18.6. The molecule has 4 saturated carbocycles. The Morgan fingerprint density at radius 2 is 1.70 bits per heavy atom. The van der Waals surface area contributed by atoms with Crippen molar-refractivity contribution in [1.29, 1.82) is 0 Å². The number of aryl methyl sites for hydroxylation is 1. The summed E-state index contributed by atoms with van der Waals surface area (Å²) in [5, 5.41) is 3.13. The SMILES string of the molecule is CC(NC(=O)C(=O)N1CCCc2ccccc21)C12CC3CC(CC(C3)C1)C2. The molecular formula is C23H30N2O2. The predicted molar refractivity (Wildman–Crippen MR) is 105 cm³/mol. The van der Waals surface area contributed by atoms with Gasteiger partial charge in [-0.2, -0.15) is 0 Å². The molecule has 1 N–H and O–H groups in total. The fraction of sp³-hybridized carbons (Fsp3) is 0.652. The molecule has 1 heterocycles. The third-order valence-corrected chi connectivity index (χ3v) is 7.90. The first-order valence-corrected chi connectivity index (χ1v) is 10.7. The van der Waals surface area contributed by atoms with E-state index in [0.29, 0.717) is 6.54 Å². The number of nitrogens with zero attached hydrogens (tertiary/aromatic N) is 1. The number of hydrogen-bond acceptors (Lipinski definition) is 2. The quantitative estimate of drug-likeness (QED) is 0.812. The van der Waals surface area contributed by atoms with E-state index in [9.17, 15) is 9.59 Å². The van der Waals surface area contributed by atoms with E-state index in [1.54, 1.807) is 4.90 Å². The van der Waals surface area contributed by atoms with Crippen molar-refractivity contribution in [1.82, 2.24) is 5.32 Å². The molecule has 6 rings (SSSR count).